The van der Waals surface area contributed by atoms with Crippen LogP contribution in [0.25, 0.3) is 0 Å². The maximum Gasteiger partial charge on any atom is 0.00312 e. The molecule has 0 saturated heterocycles. The molecule has 0 saturated carbocycles. The predicted molar refractivity (Wildman–Crippen MR) is 63.1 cm³/mol. The molecule has 0 aromatic carbocycles. The molecule has 0 radical (unpaired) electrons. The minimum Gasteiger partial charge on any atom is -0.0928 e. The van der Waals surface area contributed by atoms with Crippen LogP contribution < -0.4 is 0 Å². The molecule has 12 heavy (non-hydrogen) atoms. The zero-order chi connectivity index (χ0) is 9.66. The Labute approximate surface area is 87.3 Å². The second-order valence-corrected chi connectivity index (χ2v) is 3.90. The summed E-state index contributed by atoms with van der Waals surface area (Å²) in [6.45, 7) is 6.67. The average molecular weight is 237 g/mol. The fourth-order valence-corrected chi connectivity index (χ4v) is 1.37. The number of rotatable bonds is 6. The van der Waals surface area contributed by atoms with Gasteiger partial charge in [-0.2, -0.15) is 0 Å². The number of hydrogen-bond acceptors (Lipinski definition) is 0. The van der Waals surface area contributed by atoms with Gasteiger partial charge in [-0.15, -0.1) is 0 Å². The summed E-state index contributed by atoms with van der Waals surface area (Å²) in [5, 5.41) is 1.16. The third-order valence-corrected chi connectivity index (χ3v) is 2.26. The molecule has 0 aliphatic rings. The second-order valence-electron chi connectivity index (χ2n) is 3.10. The Morgan fingerprint density at radius 2 is 1.08 bits per heavy atom. The Morgan fingerprint density at radius 3 is 1.25 bits per heavy atom. The lowest BCUT2D eigenvalue weighted by molar-refractivity contribution is 0.656. The summed E-state index contributed by atoms with van der Waals surface area (Å²) in [4.78, 5) is 0. The number of unbranched alkanes of at least 4 members (excludes halogenated alkanes) is 5. The van der Waals surface area contributed by atoms with Gasteiger partial charge in [-0.05, 0) is 6.42 Å². The van der Waals surface area contributed by atoms with E-state index in [9.17, 15) is 0 Å². The molecule has 0 aliphatic heterocycles. The predicted octanol–water partition coefficient (Wildman–Crippen LogP) is 5.16. The lowest BCUT2D eigenvalue weighted by Gasteiger charge is -1.90. The summed E-state index contributed by atoms with van der Waals surface area (Å²) < 4.78 is 0. The van der Waals surface area contributed by atoms with Crippen molar-refractivity contribution in [2.75, 3.05) is 5.33 Å². The molecule has 0 fully saturated rings. The molecule has 0 rings (SSSR count). The number of hydrogen-bond donors (Lipinski definition) is 0. The Balaban J connectivity index is 0. The minimum atomic E-state index is 1.16. The third-order valence-electron chi connectivity index (χ3n) is 1.69. The van der Waals surface area contributed by atoms with Gasteiger partial charge in [-0.3, -0.25) is 0 Å². The zero-order valence-electron chi connectivity index (χ0n) is 9.03. The smallest absolute Gasteiger partial charge is 0.00312 e. The molecule has 0 atom stereocenters. The molecule has 0 aromatic heterocycles. The Kier molecular flexibility index (Phi) is 21.9. The van der Waals surface area contributed by atoms with Crippen molar-refractivity contribution in [3.05, 3.63) is 0 Å². The van der Waals surface area contributed by atoms with E-state index in [2.05, 4.69) is 36.7 Å². The van der Waals surface area contributed by atoms with E-state index in [-0.39, 0.29) is 0 Å². The standard InChI is InChI=1S/C7H16.C4H9Br/c1-3-5-7-6-4-2;1-2-3-4-5/h3-7H2,1-2H3;2-4H2,1H3. The van der Waals surface area contributed by atoms with Crippen molar-refractivity contribution in [2.45, 2.75) is 65.7 Å². The fourth-order valence-electron chi connectivity index (χ4n) is 0.810. The molecule has 0 amide bonds. The molecule has 0 nitrogen and oxygen atoms in total. The highest BCUT2D eigenvalue weighted by atomic mass is 79.9. The zero-order valence-corrected chi connectivity index (χ0v) is 10.6. The van der Waals surface area contributed by atoms with Crippen LogP contribution >= 0.6 is 15.9 Å². The van der Waals surface area contributed by atoms with Gasteiger partial charge in [0.05, 0.1) is 0 Å². The molecule has 0 heterocycles. The van der Waals surface area contributed by atoms with Crippen molar-refractivity contribution in [1.29, 1.82) is 0 Å². The van der Waals surface area contributed by atoms with E-state index in [1.807, 2.05) is 0 Å². The summed E-state index contributed by atoms with van der Waals surface area (Å²) in [5.74, 6) is 0. The van der Waals surface area contributed by atoms with E-state index in [1.54, 1.807) is 0 Å². The van der Waals surface area contributed by atoms with Crippen molar-refractivity contribution in [3.63, 3.8) is 0 Å². The summed E-state index contributed by atoms with van der Waals surface area (Å²) in [7, 11) is 0. The molecular formula is C11H25Br. The number of halogens is 1. The highest BCUT2D eigenvalue weighted by molar-refractivity contribution is 9.09. The second kappa shape index (κ2) is 17.5. The van der Waals surface area contributed by atoms with Crippen LogP contribution in [0.4, 0.5) is 0 Å². The van der Waals surface area contributed by atoms with Gasteiger partial charge in [0.15, 0.2) is 0 Å². The molecule has 0 unspecified atom stereocenters. The van der Waals surface area contributed by atoms with Crippen molar-refractivity contribution >= 4 is 15.9 Å². The third kappa shape index (κ3) is 22.4. The van der Waals surface area contributed by atoms with Crippen LogP contribution in [0.15, 0.2) is 0 Å². The quantitative estimate of drug-likeness (QED) is 0.442. The van der Waals surface area contributed by atoms with Crippen molar-refractivity contribution in [1.82, 2.24) is 0 Å². The van der Waals surface area contributed by atoms with Gasteiger partial charge >= 0.3 is 0 Å². The van der Waals surface area contributed by atoms with Crippen LogP contribution in [0.1, 0.15) is 65.7 Å². The van der Waals surface area contributed by atoms with Crippen LogP contribution in [-0.4, -0.2) is 5.33 Å². The van der Waals surface area contributed by atoms with Gasteiger partial charge < -0.3 is 0 Å². The van der Waals surface area contributed by atoms with Gasteiger partial charge in [-0.1, -0.05) is 75.2 Å². The van der Waals surface area contributed by atoms with Crippen LogP contribution in [0.5, 0.6) is 0 Å². The van der Waals surface area contributed by atoms with Gasteiger partial charge in [0.1, 0.15) is 0 Å². The number of alkyl halides is 1. The van der Waals surface area contributed by atoms with Crippen molar-refractivity contribution < 1.29 is 0 Å². The molecular weight excluding hydrogens is 212 g/mol. The molecule has 76 valence electrons. The molecule has 0 aromatic rings. The van der Waals surface area contributed by atoms with Crippen LogP contribution in [0, 0.1) is 0 Å². The van der Waals surface area contributed by atoms with E-state index < -0.39 is 0 Å². The maximum absolute atomic E-state index is 3.31. The largest absolute Gasteiger partial charge is 0.0928 e. The summed E-state index contributed by atoms with van der Waals surface area (Å²) in [6, 6.07) is 0. The topological polar surface area (TPSA) is 0 Å². The Hall–Kier alpha value is 0.480. The van der Waals surface area contributed by atoms with Gasteiger partial charge in [0, 0.05) is 5.33 Å². The van der Waals surface area contributed by atoms with E-state index >= 15 is 0 Å². The summed E-state index contributed by atoms with van der Waals surface area (Å²) in [6.07, 6.45) is 9.61. The first-order chi connectivity index (χ1) is 5.83. The summed E-state index contributed by atoms with van der Waals surface area (Å²) in [5.41, 5.74) is 0. The van der Waals surface area contributed by atoms with Crippen LogP contribution in [0.3, 0.4) is 0 Å². The van der Waals surface area contributed by atoms with E-state index in [4.69, 9.17) is 0 Å². The maximum atomic E-state index is 3.31. The van der Waals surface area contributed by atoms with Crippen molar-refractivity contribution in [2.24, 2.45) is 0 Å². The summed E-state index contributed by atoms with van der Waals surface area (Å²) >= 11 is 3.31. The molecule has 0 bridgehead atoms. The van der Waals surface area contributed by atoms with Crippen molar-refractivity contribution in [3.8, 4) is 0 Å². The van der Waals surface area contributed by atoms with Gasteiger partial charge in [-0.25, -0.2) is 0 Å². The SMILES string of the molecule is CCCCBr.CCCCCCC. The Bertz CT molecular complexity index is 47.0. The Morgan fingerprint density at radius 1 is 0.667 bits per heavy atom. The lowest BCUT2D eigenvalue weighted by atomic mass is 10.2. The van der Waals surface area contributed by atoms with E-state index in [1.165, 1.54) is 44.9 Å². The van der Waals surface area contributed by atoms with E-state index in [0.717, 1.165) is 5.33 Å². The first-order valence-electron chi connectivity index (χ1n) is 5.39. The van der Waals surface area contributed by atoms with Crippen LogP contribution in [0.2, 0.25) is 0 Å². The molecule has 0 aliphatic carbocycles. The molecule has 0 N–H and O–H groups in total. The molecule has 1 heteroatoms. The minimum absolute atomic E-state index is 1.16. The first kappa shape index (κ1) is 15.0. The first-order valence-corrected chi connectivity index (χ1v) is 6.51. The normalized spacial score (nSPS) is 9.00. The average Bonchev–Trinajstić information content (AvgIpc) is 2.08. The highest BCUT2D eigenvalue weighted by Gasteiger charge is 1.80. The fraction of sp³-hybridized carbons (Fsp3) is 1.00. The highest BCUT2D eigenvalue weighted by Crippen LogP contribution is 2.00. The monoisotopic (exact) mass is 236 g/mol. The lowest BCUT2D eigenvalue weighted by Crippen LogP contribution is -1.70. The van der Waals surface area contributed by atoms with Crippen LogP contribution in [-0.2, 0) is 0 Å². The van der Waals surface area contributed by atoms with Gasteiger partial charge in [0.2, 0.25) is 0 Å². The van der Waals surface area contributed by atoms with Gasteiger partial charge in [0.25, 0.3) is 0 Å². The van der Waals surface area contributed by atoms with E-state index in [0.29, 0.717) is 0 Å². The molecule has 0 spiro atoms.